The van der Waals surface area contributed by atoms with Gasteiger partial charge in [0, 0.05) is 9.96 Å². The molecule has 0 aliphatic rings. The van der Waals surface area contributed by atoms with Gasteiger partial charge in [0.1, 0.15) is 0 Å². The summed E-state index contributed by atoms with van der Waals surface area (Å²) in [6.45, 7) is 6.73. The number of hydrogen-bond donors (Lipinski definition) is 0. The van der Waals surface area contributed by atoms with E-state index in [4.69, 9.17) is 1.23 Å². The Morgan fingerprint density at radius 1 is 0.769 bits per heavy atom. The van der Waals surface area contributed by atoms with E-state index in [0.717, 1.165) is 0 Å². The molecular formula is C12H28Si. The molecule has 0 radical (unpaired) electrons. The van der Waals surface area contributed by atoms with Gasteiger partial charge < -0.3 is 0 Å². The first-order chi connectivity index (χ1) is 6.68. The van der Waals surface area contributed by atoms with E-state index in [-0.39, 0.29) is 0 Å². The second-order valence-corrected chi connectivity index (χ2v) is 7.06. The highest BCUT2D eigenvalue weighted by Gasteiger charge is 2.08. The summed E-state index contributed by atoms with van der Waals surface area (Å²) in [4.78, 5) is 0. The average molecular weight is 201 g/mol. The third-order valence-corrected chi connectivity index (χ3v) is 5.83. The molecule has 0 spiro atoms. The standard InChI is InChI=1S/C12H28Si/c1-4-7-10-13(11-8-5-2)12-9-6-3/h13H,4-12H2,1-3H3/i13D. The molecule has 0 aromatic rings. The van der Waals surface area contributed by atoms with Crippen LogP contribution in [0, 0.1) is 0 Å². The topological polar surface area (TPSA) is 0 Å². The molecule has 0 aliphatic carbocycles. The third kappa shape index (κ3) is 8.54. The first-order valence-electron chi connectivity index (χ1n) is 6.68. The van der Waals surface area contributed by atoms with Gasteiger partial charge in [0.2, 0.25) is 0 Å². The van der Waals surface area contributed by atoms with Crippen LogP contribution >= 0.6 is 0 Å². The lowest BCUT2D eigenvalue weighted by molar-refractivity contribution is 0.812. The summed E-state index contributed by atoms with van der Waals surface area (Å²) in [7, 11) is -1.56. The highest BCUT2D eigenvalue weighted by molar-refractivity contribution is 6.58. The van der Waals surface area contributed by atoms with Crippen molar-refractivity contribution in [1.29, 1.82) is 1.23 Å². The highest BCUT2D eigenvalue weighted by atomic mass is 28.3. The second kappa shape index (κ2) is 10.3. The fourth-order valence-electron chi connectivity index (χ4n) is 1.66. The average Bonchev–Trinajstić information content (AvgIpc) is 2.21. The maximum atomic E-state index is 8.57. The predicted octanol–water partition coefficient (Wildman–Crippen LogP) is 4.61. The summed E-state index contributed by atoms with van der Waals surface area (Å²) in [5.74, 6) is 0. The summed E-state index contributed by atoms with van der Waals surface area (Å²) < 4.78 is 8.57. The van der Waals surface area contributed by atoms with Crippen LogP contribution in [0.5, 0.6) is 0 Å². The van der Waals surface area contributed by atoms with E-state index in [1.54, 1.807) is 0 Å². The van der Waals surface area contributed by atoms with Crippen LogP contribution in [0.3, 0.4) is 0 Å². The summed E-state index contributed by atoms with van der Waals surface area (Å²) in [5, 5.41) is 0. The number of rotatable bonds is 9. The van der Waals surface area contributed by atoms with Gasteiger partial charge in [-0.2, -0.15) is 0 Å². The molecule has 0 bridgehead atoms. The van der Waals surface area contributed by atoms with Crippen LogP contribution in [0.25, 0.3) is 0 Å². The Kier molecular flexibility index (Phi) is 8.95. The maximum absolute atomic E-state index is 8.57. The summed E-state index contributed by atoms with van der Waals surface area (Å²) in [5.41, 5.74) is 0. The molecule has 0 heterocycles. The van der Waals surface area contributed by atoms with Crippen molar-refractivity contribution in [1.82, 2.24) is 0 Å². The van der Waals surface area contributed by atoms with Crippen LogP contribution in [0.2, 0.25) is 18.1 Å². The molecule has 13 heavy (non-hydrogen) atoms. The van der Waals surface area contributed by atoms with Crippen LogP contribution in [0.4, 0.5) is 0 Å². The largest absolute Gasteiger partial charge is 0.0654 e. The van der Waals surface area contributed by atoms with E-state index < -0.39 is 8.73 Å². The molecule has 0 atom stereocenters. The minimum absolute atomic E-state index is 1.25. The molecular weight excluding hydrogens is 172 g/mol. The molecule has 0 aromatic heterocycles. The van der Waals surface area contributed by atoms with Gasteiger partial charge in [0.05, 0.1) is 0 Å². The zero-order valence-corrected chi connectivity index (χ0v) is 10.9. The van der Waals surface area contributed by atoms with Crippen LogP contribution in [-0.2, 0) is 0 Å². The van der Waals surface area contributed by atoms with Gasteiger partial charge in [0.25, 0.3) is 0 Å². The molecule has 1 heteroatoms. The van der Waals surface area contributed by atoms with Gasteiger partial charge in [-0.1, -0.05) is 77.4 Å². The SMILES string of the molecule is [2H][Si](CCCC)(CCCC)CCCC. The summed E-state index contributed by atoms with van der Waals surface area (Å²) in [6.07, 6.45) is 7.69. The quantitative estimate of drug-likeness (QED) is 0.478. The van der Waals surface area contributed by atoms with Crippen molar-refractivity contribution in [2.24, 2.45) is 0 Å². The second-order valence-electron chi connectivity index (χ2n) is 4.06. The minimum Gasteiger partial charge on any atom is -0.0654 e. The van der Waals surface area contributed by atoms with Crippen LogP contribution in [-0.4, -0.2) is 9.96 Å². The first-order valence-corrected chi connectivity index (χ1v) is 8.30. The monoisotopic (exact) mass is 201 g/mol. The Balaban J connectivity index is 3.89. The van der Waals surface area contributed by atoms with E-state index >= 15 is 0 Å². The highest BCUT2D eigenvalue weighted by Crippen LogP contribution is 2.16. The normalized spacial score (nSPS) is 13.0. The van der Waals surface area contributed by atoms with Crippen LogP contribution < -0.4 is 0 Å². The summed E-state index contributed by atoms with van der Waals surface area (Å²) >= 11 is 0. The lowest BCUT2D eigenvalue weighted by Crippen LogP contribution is -2.11. The fourth-order valence-corrected chi connectivity index (χ4v) is 4.97. The maximum Gasteiger partial charge on any atom is 0.0367 e. The van der Waals surface area contributed by atoms with E-state index in [1.165, 1.54) is 56.7 Å². The molecule has 0 unspecified atom stereocenters. The molecule has 0 amide bonds. The van der Waals surface area contributed by atoms with E-state index in [0.29, 0.717) is 0 Å². The van der Waals surface area contributed by atoms with Crippen molar-refractivity contribution in [3.63, 3.8) is 0 Å². The van der Waals surface area contributed by atoms with Crippen molar-refractivity contribution < 1.29 is 0 Å². The van der Waals surface area contributed by atoms with E-state index in [1.807, 2.05) is 0 Å². The van der Waals surface area contributed by atoms with Crippen molar-refractivity contribution in [3.05, 3.63) is 0 Å². The molecule has 0 saturated carbocycles. The van der Waals surface area contributed by atoms with Gasteiger partial charge >= 0.3 is 0 Å². The van der Waals surface area contributed by atoms with E-state index in [2.05, 4.69) is 20.8 Å². The van der Waals surface area contributed by atoms with Crippen molar-refractivity contribution in [3.8, 4) is 0 Å². The number of unbranched alkanes of at least 4 members (excludes halogenated alkanes) is 3. The Morgan fingerprint density at radius 2 is 1.08 bits per heavy atom. The third-order valence-electron chi connectivity index (χ3n) is 2.65. The van der Waals surface area contributed by atoms with Crippen LogP contribution in [0.1, 0.15) is 59.3 Å². The lowest BCUT2D eigenvalue weighted by atomic mass is 10.4. The summed E-state index contributed by atoms with van der Waals surface area (Å²) in [6, 6.07) is 3.76. The molecule has 0 saturated heterocycles. The molecule has 0 rings (SSSR count). The van der Waals surface area contributed by atoms with Gasteiger partial charge in [0.15, 0.2) is 0 Å². The first kappa shape index (κ1) is 11.3. The molecule has 0 fully saturated rings. The zero-order chi connectivity index (χ0) is 10.9. The van der Waals surface area contributed by atoms with Crippen LogP contribution in [0.15, 0.2) is 0 Å². The Morgan fingerprint density at radius 3 is 1.31 bits per heavy atom. The number of hydrogen-bond acceptors (Lipinski definition) is 0. The smallest absolute Gasteiger partial charge is 0.0367 e. The molecule has 0 N–H and O–H groups in total. The van der Waals surface area contributed by atoms with Gasteiger partial charge in [-0.25, -0.2) is 0 Å². The Hall–Kier alpha value is 0.217. The Bertz CT molecular complexity index is 104. The van der Waals surface area contributed by atoms with Gasteiger partial charge in [-0.05, 0) is 0 Å². The van der Waals surface area contributed by atoms with Crippen molar-refractivity contribution in [2.75, 3.05) is 0 Å². The van der Waals surface area contributed by atoms with Gasteiger partial charge in [-0.3, -0.25) is 0 Å². The Labute approximate surface area is 88.0 Å². The van der Waals surface area contributed by atoms with E-state index in [9.17, 15) is 0 Å². The lowest BCUT2D eigenvalue weighted by Gasteiger charge is -2.13. The van der Waals surface area contributed by atoms with Gasteiger partial charge in [-0.15, -0.1) is 0 Å². The zero-order valence-electron chi connectivity index (χ0n) is 10.9. The molecule has 0 aliphatic heterocycles. The van der Waals surface area contributed by atoms with Crippen molar-refractivity contribution in [2.45, 2.75) is 77.4 Å². The fraction of sp³-hybridized carbons (Fsp3) is 1.00. The van der Waals surface area contributed by atoms with Crippen molar-refractivity contribution >= 4 is 8.73 Å². The molecule has 0 nitrogen and oxygen atoms in total. The predicted molar refractivity (Wildman–Crippen MR) is 66.3 cm³/mol. The minimum atomic E-state index is -1.56. The molecule has 0 aromatic carbocycles. The molecule has 80 valence electrons.